The molecule has 2 heterocycles. The summed E-state index contributed by atoms with van der Waals surface area (Å²) in [6.45, 7) is 0.753. The molecule has 1 aliphatic heterocycles. The van der Waals surface area contributed by atoms with Gasteiger partial charge in [0, 0.05) is 28.1 Å². The molecule has 1 saturated carbocycles. The second-order valence-corrected chi connectivity index (χ2v) is 8.94. The van der Waals surface area contributed by atoms with Crippen molar-refractivity contribution in [2.24, 2.45) is 0 Å². The Bertz CT molecular complexity index is 1270. The third kappa shape index (κ3) is 4.95. The van der Waals surface area contributed by atoms with Crippen LogP contribution in [0.4, 0.5) is 18.9 Å². The quantitative estimate of drug-likeness (QED) is 0.508. The standard InChI is InChI=1S/C26H23F3N2O4/c1-16-12-20-21(23(30-16)19-4-2-3-5-22(19)35-15-26(27,28)29)13-31(24(20)32)17-6-8-18(9-7-17)34-14-25(33)10-11-25/h2-9,12,33H,10-11,13-15H2,1H3. The predicted octanol–water partition coefficient (Wildman–Crippen LogP) is 5.06. The minimum Gasteiger partial charge on any atom is -0.491 e. The monoisotopic (exact) mass is 484 g/mol. The van der Waals surface area contributed by atoms with E-state index in [4.69, 9.17) is 9.47 Å². The Morgan fingerprint density at radius 2 is 1.77 bits per heavy atom. The maximum Gasteiger partial charge on any atom is 0.422 e. The highest BCUT2D eigenvalue weighted by Crippen LogP contribution is 2.39. The van der Waals surface area contributed by atoms with Crippen molar-refractivity contribution in [3.63, 3.8) is 0 Å². The summed E-state index contributed by atoms with van der Waals surface area (Å²) in [7, 11) is 0. The lowest BCUT2D eigenvalue weighted by atomic mass is 10.0. The van der Waals surface area contributed by atoms with E-state index in [-0.39, 0.29) is 24.8 Å². The molecule has 1 amide bonds. The van der Waals surface area contributed by atoms with Gasteiger partial charge in [-0.15, -0.1) is 0 Å². The van der Waals surface area contributed by atoms with Gasteiger partial charge in [-0.2, -0.15) is 13.2 Å². The van der Waals surface area contributed by atoms with Crippen LogP contribution >= 0.6 is 0 Å². The molecule has 1 N–H and O–H groups in total. The Balaban J connectivity index is 1.42. The number of carbonyl (C=O) groups is 1. The average molecular weight is 484 g/mol. The van der Waals surface area contributed by atoms with Gasteiger partial charge in [0.25, 0.3) is 5.91 Å². The second-order valence-electron chi connectivity index (χ2n) is 8.94. The van der Waals surface area contributed by atoms with Crippen LogP contribution in [-0.2, 0) is 6.54 Å². The van der Waals surface area contributed by atoms with E-state index in [1.165, 1.54) is 6.07 Å². The summed E-state index contributed by atoms with van der Waals surface area (Å²) in [6.07, 6.45) is -3.02. The lowest BCUT2D eigenvalue weighted by Crippen LogP contribution is -2.23. The summed E-state index contributed by atoms with van der Waals surface area (Å²) in [5, 5.41) is 9.94. The fraction of sp³-hybridized carbons (Fsp3) is 0.308. The van der Waals surface area contributed by atoms with E-state index in [9.17, 15) is 23.1 Å². The van der Waals surface area contributed by atoms with E-state index >= 15 is 0 Å². The number of fused-ring (bicyclic) bond motifs is 1. The number of aryl methyl sites for hydroxylation is 1. The van der Waals surface area contributed by atoms with Crippen LogP contribution in [0.15, 0.2) is 54.6 Å². The van der Waals surface area contributed by atoms with Crippen molar-refractivity contribution >= 4 is 11.6 Å². The first-order valence-electron chi connectivity index (χ1n) is 11.2. The maximum atomic E-state index is 13.3. The summed E-state index contributed by atoms with van der Waals surface area (Å²) in [6, 6.07) is 15.1. The molecule has 35 heavy (non-hydrogen) atoms. The molecule has 1 aliphatic carbocycles. The van der Waals surface area contributed by atoms with Crippen LogP contribution in [0.2, 0.25) is 0 Å². The Morgan fingerprint density at radius 3 is 2.46 bits per heavy atom. The molecule has 0 spiro atoms. The van der Waals surface area contributed by atoms with Gasteiger partial charge in [-0.25, -0.2) is 0 Å². The van der Waals surface area contributed by atoms with E-state index in [0.717, 1.165) is 12.8 Å². The zero-order valence-corrected chi connectivity index (χ0v) is 18.9. The Labute approximate surface area is 199 Å². The van der Waals surface area contributed by atoms with Gasteiger partial charge in [-0.1, -0.05) is 12.1 Å². The number of ether oxygens (including phenoxy) is 2. The number of benzene rings is 2. The summed E-state index contributed by atoms with van der Waals surface area (Å²) >= 11 is 0. The smallest absolute Gasteiger partial charge is 0.422 e. The molecule has 182 valence electrons. The molecule has 0 radical (unpaired) electrons. The Kier molecular flexibility index (Phi) is 5.67. The molecule has 5 rings (SSSR count). The van der Waals surface area contributed by atoms with Crippen molar-refractivity contribution in [1.82, 2.24) is 4.98 Å². The molecule has 0 unspecified atom stereocenters. The fourth-order valence-corrected chi connectivity index (χ4v) is 4.03. The zero-order chi connectivity index (χ0) is 24.8. The van der Waals surface area contributed by atoms with Crippen LogP contribution in [0.1, 0.15) is 34.5 Å². The first-order valence-corrected chi connectivity index (χ1v) is 11.2. The SMILES string of the molecule is Cc1cc2c(c(-c3ccccc3OCC(F)(F)F)n1)CN(c1ccc(OCC3(O)CC3)cc1)C2=O. The number of aliphatic hydroxyl groups is 1. The van der Waals surface area contributed by atoms with Gasteiger partial charge in [0.2, 0.25) is 0 Å². The molecular formula is C26H23F3N2O4. The number of alkyl halides is 3. The van der Waals surface area contributed by atoms with E-state index in [0.29, 0.717) is 39.5 Å². The van der Waals surface area contributed by atoms with Gasteiger partial charge in [0.15, 0.2) is 6.61 Å². The topological polar surface area (TPSA) is 71.9 Å². The molecule has 3 aromatic rings. The molecule has 2 aromatic carbocycles. The van der Waals surface area contributed by atoms with Crippen LogP contribution in [0.5, 0.6) is 11.5 Å². The number of para-hydroxylation sites is 1. The number of carbonyl (C=O) groups excluding carboxylic acids is 1. The highest BCUT2D eigenvalue weighted by molar-refractivity contribution is 6.11. The molecule has 1 fully saturated rings. The van der Waals surface area contributed by atoms with E-state index < -0.39 is 18.4 Å². The summed E-state index contributed by atoms with van der Waals surface area (Å²) in [5.74, 6) is 0.420. The minimum absolute atomic E-state index is 0.0508. The van der Waals surface area contributed by atoms with Crippen LogP contribution in [0, 0.1) is 6.92 Å². The number of hydrogen-bond acceptors (Lipinski definition) is 5. The van der Waals surface area contributed by atoms with E-state index in [1.807, 2.05) is 0 Å². The van der Waals surface area contributed by atoms with Crippen LogP contribution in [-0.4, -0.2) is 41.0 Å². The highest BCUT2D eigenvalue weighted by atomic mass is 19.4. The lowest BCUT2D eigenvalue weighted by Gasteiger charge is -2.17. The molecule has 0 saturated heterocycles. The molecule has 2 aliphatic rings. The fourth-order valence-electron chi connectivity index (χ4n) is 4.03. The van der Waals surface area contributed by atoms with Crippen molar-refractivity contribution in [2.75, 3.05) is 18.1 Å². The van der Waals surface area contributed by atoms with Gasteiger partial charge >= 0.3 is 6.18 Å². The number of nitrogens with zero attached hydrogens (tertiary/aromatic N) is 2. The van der Waals surface area contributed by atoms with E-state index in [1.54, 1.807) is 60.4 Å². The van der Waals surface area contributed by atoms with Crippen LogP contribution in [0.3, 0.4) is 0 Å². The van der Waals surface area contributed by atoms with Crippen molar-refractivity contribution in [3.8, 4) is 22.8 Å². The third-order valence-corrected chi connectivity index (χ3v) is 6.06. The van der Waals surface area contributed by atoms with Crippen molar-refractivity contribution in [1.29, 1.82) is 0 Å². The number of aromatic nitrogens is 1. The van der Waals surface area contributed by atoms with Crippen molar-refractivity contribution in [3.05, 3.63) is 71.4 Å². The lowest BCUT2D eigenvalue weighted by molar-refractivity contribution is -0.153. The van der Waals surface area contributed by atoms with Crippen LogP contribution < -0.4 is 14.4 Å². The number of halogens is 3. The first-order chi connectivity index (χ1) is 16.6. The molecule has 1 aromatic heterocycles. The largest absolute Gasteiger partial charge is 0.491 e. The maximum absolute atomic E-state index is 13.3. The zero-order valence-electron chi connectivity index (χ0n) is 18.9. The number of amides is 1. The van der Waals surface area contributed by atoms with Crippen molar-refractivity contribution < 1.29 is 32.5 Å². The third-order valence-electron chi connectivity index (χ3n) is 6.06. The summed E-state index contributed by atoms with van der Waals surface area (Å²) in [5.41, 5.74) is 2.39. The summed E-state index contributed by atoms with van der Waals surface area (Å²) < 4.78 is 49.0. The number of pyridine rings is 1. The Morgan fingerprint density at radius 1 is 1.06 bits per heavy atom. The Hall–Kier alpha value is -3.59. The normalized spacial score (nSPS) is 16.3. The van der Waals surface area contributed by atoms with Gasteiger partial charge in [-0.05, 0) is 62.2 Å². The average Bonchev–Trinajstić information content (AvgIpc) is 3.48. The van der Waals surface area contributed by atoms with Gasteiger partial charge in [-0.3, -0.25) is 9.78 Å². The van der Waals surface area contributed by atoms with Gasteiger partial charge in [0.05, 0.1) is 17.8 Å². The van der Waals surface area contributed by atoms with Crippen LogP contribution in [0.25, 0.3) is 11.3 Å². The number of rotatable bonds is 7. The molecular weight excluding hydrogens is 461 g/mol. The molecule has 6 nitrogen and oxygen atoms in total. The second kappa shape index (κ2) is 8.57. The number of anilines is 1. The van der Waals surface area contributed by atoms with Gasteiger partial charge < -0.3 is 19.5 Å². The molecule has 0 bridgehead atoms. The van der Waals surface area contributed by atoms with Gasteiger partial charge in [0.1, 0.15) is 18.1 Å². The molecule has 9 heteroatoms. The van der Waals surface area contributed by atoms with E-state index in [2.05, 4.69) is 4.98 Å². The summed E-state index contributed by atoms with van der Waals surface area (Å²) in [4.78, 5) is 19.4. The highest BCUT2D eigenvalue weighted by Gasteiger charge is 2.41. The van der Waals surface area contributed by atoms with Crippen molar-refractivity contribution in [2.45, 2.75) is 38.1 Å². The molecule has 0 atom stereocenters. The predicted molar refractivity (Wildman–Crippen MR) is 123 cm³/mol. The first kappa shape index (κ1) is 23.2. The minimum atomic E-state index is -4.48. The number of hydrogen-bond donors (Lipinski definition) is 1.